The molecule has 0 amide bonds. The first-order valence-electron chi connectivity index (χ1n) is 8.58. The summed E-state index contributed by atoms with van der Waals surface area (Å²) >= 11 is 0. The maximum atomic E-state index is 6.53. The molecular weight excluding hydrogens is 232 g/mol. The third kappa shape index (κ3) is 5.83. The molecule has 0 bridgehead atoms. The lowest BCUT2D eigenvalue weighted by Gasteiger charge is -2.37. The predicted octanol–water partition coefficient (Wildman–Crippen LogP) is 4.04. The van der Waals surface area contributed by atoms with E-state index in [1.807, 2.05) is 0 Å². The molecule has 0 spiro atoms. The van der Waals surface area contributed by atoms with Crippen LogP contribution in [0.2, 0.25) is 0 Å². The third-order valence-corrected chi connectivity index (χ3v) is 4.76. The first-order valence-corrected chi connectivity index (χ1v) is 8.58. The number of hydrogen-bond acceptors (Lipinski definition) is 2. The van der Waals surface area contributed by atoms with Gasteiger partial charge in [-0.2, -0.15) is 0 Å². The van der Waals surface area contributed by atoms with Gasteiger partial charge in [-0.3, -0.25) is 4.90 Å². The molecule has 1 rings (SSSR count). The van der Waals surface area contributed by atoms with Gasteiger partial charge in [0.1, 0.15) is 0 Å². The topological polar surface area (TPSA) is 29.3 Å². The first-order chi connectivity index (χ1) is 9.08. The molecule has 0 aromatic heterocycles. The van der Waals surface area contributed by atoms with Crippen molar-refractivity contribution in [2.24, 2.45) is 17.6 Å². The molecule has 2 nitrogen and oxygen atoms in total. The van der Waals surface area contributed by atoms with Gasteiger partial charge in [0, 0.05) is 25.2 Å². The molecule has 2 N–H and O–H groups in total. The van der Waals surface area contributed by atoms with Gasteiger partial charge < -0.3 is 5.73 Å². The molecule has 0 aromatic carbocycles. The molecular formula is C17H36N2. The van der Waals surface area contributed by atoms with E-state index >= 15 is 0 Å². The monoisotopic (exact) mass is 268 g/mol. The van der Waals surface area contributed by atoms with Gasteiger partial charge in [0.25, 0.3) is 0 Å². The van der Waals surface area contributed by atoms with E-state index in [2.05, 4.69) is 32.6 Å². The van der Waals surface area contributed by atoms with Crippen molar-refractivity contribution in [2.45, 2.75) is 84.7 Å². The maximum absolute atomic E-state index is 6.53. The van der Waals surface area contributed by atoms with Gasteiger partial charge in [-0.1, -0.05) is 47.0 Å². The van der Waals surface area contributed by atoms with Crippen LogP contribution in [0, 0.1) is 11.8 Å². The molecule has 1 atom stereocenters. The summed E-state index contributed by atoms with van der Waals surface area (Å²) in [5, 5.41) is 0. The Bertz CT molecular complexity index is 217. The largest absolute Gasteiger partial charge is 0.326 e. The van der Waals surface area contributed by atoms with Crippen LogP contribution in [0.5, 0.6) is 0 Å². The Labute approximate surface area is 121 Å². The zero-order chi connectivity index (χ0) is 14.3. The van der Waals surface area contributed by atoms with E-state index in [4.69, 9.17) is 5.73 Å². The predicted molar refractivity (Wildman–Crippen MR) is 85.3 cm³/mol. The molecule has 0 heterocycles. The summed E-state index contributed by atoms with van der Waals surface area (Å²) in [5.74, 6) is 1.51. The first kappa shape index (κ1) is 17.0. The van der Waals surface area contributed by atoms with Crippen molar-refractivity contribution in [1.82, 2.24) is 4.90 Å². The summed E-state index contributed by atoms with van der Waals surface area (Å²) in [6.07, 6.45) is 9.44. The fourth-order valence-corrected chi connectivity index (χ4v) is 3.63. The minimum absolute atomic E-state index is 0.389. The average molecular weight is 268 g/mol. The molecule has 19 heavy (non-hydrogen) atoms. The summed E-state index contributed by atoms with van der Waals surface area (Å²) in [4.78, 5) is 2.67. The number of nitrogens with zero attached hydrogens (tertiary/aromatic N) is 1. The van der Waals surface area contributed by atoms with Crippen molar-refractivity contribution in [3.63, 3.8) is 0 Å². The van der Waals surface area contributed by atoms with Gasteiger partial charge in [-0.25, -0.2) is 0 Å². The maximum Gasteiger partial charge on any atom is 0.0196 e. The van der Waals surface area contributed by atoms with E-state index in [0.29, 0.717) is 6.04 Å². The van der Waals surface area contributed by atoms with Crippen molar-refractivity contribution in [3.8, 4) is 0 Å². The van der Waals surface area contributed by atoms with Gasteiger partial charge in [0.15, 0.2) is 0 Å². The SMILES string of the molecule is CCC(CC)N(CC(C)C)CC(N)C1CCCCC1. The lowest BCUT2D eigenvalue weighted by atomic mass is 9.84. The minimum atomic E-state index is 0.389. The fourth-order valence-electron chi connectivity index (χ4n) is 3.63. The number of hydrogen-bond donors (Lipinski definition) is 1. The van der Waals surface area contributed by atoms with Gasteiger partial charge in [0.2, 0.25) is 0 Å². The quantitative estimate of drug-likeness (QED) is 0.720. The highest BCUT2D eigenvalue weighted by Crippen LogP contribution is 2.26. The number of nitrogens with two attached hydrogens (primary N) is 1. The van der Waals surface area contributed by atoms with Crippen LogP contribution in [0.4, 0.5) is 0 Å². The highest BCUT2D eigenvalue weighted by molar-refractivity contribution is 4.82. The van der Waals surface area contributed by atoms with E-state index in [1.54, 1.807) is 0 Å². The molecule has 1 aliphatic carbocycles. The standard InChI is InChI=1S/C17H36N2/c1-5-16(6-2)19(12-14(3)4)13-17(18)15-10-8-7-9-11-15/h14-17H,5-13,18H2,1-4H3. The molecule has 1 aliphatic rings. The van der Waals surface area contributed by atoms with Crippen molar-refractivity contribution in [3.05, 3.63) is 0 Å². The second-order valence-corrected chi connectivity index (χ2v) is 6.88. The molecule has 0 radical (unpaired) electrons. The Kier molecular flexibility index (Phi) is 8.01. The minimum Gasteiger partial charge on any atom is -0.326 e. The Morgan fingerprint density at radius 3 is 2.05 bits per heavy atom. The van der Waals surface area contributed by atoms with E-state index in [9.17, 15) is 0 Å². The lowest BCUT2D eigenvalue weighted by molar-refractivity contribution is 0.135. The van der Waals surface area contributed by atoms with Crippen LogP contribution in [-0.4, -0.2) is 30.1 Å². The Balaban J connectivity index is 2.53. The van der Waals surface area contributed by atoms with Crippen molar-refractivity contribution in [1.29, 1.82) is 0 Å². The Hall–Kier alpha value is -0.0800. The third-order valence-electron chi connectivity index (χ3n) is 4.76. The van der Waals surface area contributed by atoms with Crippen LogP contribution < -0.4 is 5.73 Å². The van der Waals surface area contributed by atoms with Gasteiger partial charge in [-0.05, 0) is 37.5 Å². The van der Waals surface area contributed by atoms with Crippen LogP contribution in [0.3, 0.4) is 0 Å². The van der Waals surface area contributed by atoms with Crippen LogP contribution in [0.15, 0.2) is 0 Å². The second kappa shape index (κ2) is 8.97. The van der Waals surface area contributed by atoms with Gasteiger partial charge in [0.05, 0.1) is 0 Å². The molecule has 1 saturated carbocycles. The van der Waals surface area contributed by atoms with Crippen molar-refractivity contribution >= 4 is 0 Å². The van der Waals surface area contributed by atoms with E-state index in [1.165, 1.54) is 51.5 Å². The van der Waals surface area contributed by atoms with Gasteiger partial charge in [-0.15, -0.1) is 0 Å². The van der Waals surface area contributed by atoms with Crippen molar-refractivity contribution in [2.75, 3.05) is 13.1 Å². The second-order valence-electron chi connectivity index (χ2n) is 6.88. The molecule has 1 fully saturated rings. The molecule has 0 aromatic rings. The smallest absolute Gasteiger partial charge is 0.0196 e. The van der Waals surface area contributed by atoms with Crippen LogP contribution >= 0.6 is 0 Å². The summed E-state index contributed by atoms with van der Waals surface area (Å²) in [6, 6.07) is 1.11. The molecule has 2 heteroatoms. The normalized spacial score (nSPS) is 19.6. The van der Waals surface area contributed by atoms with Crippen LogP contribution in [0.25, 0.3) is 0 Å². The Morgan fingerprint density at radius 1 is 1.00 bits per heavy atom. The highest BCUT2D eigenvalue weighted by atomic mass is 15.2. The zero-order valence-corrected chi connectivity index (χ0v) is 13.7. The van der Waals surface area contributed by atoms with Gasteiger partial charge >= 0.3 is 0 Å². The van der Waals surface area contributed by atoms with E-state index in [-0.39, 0.29) is 0 Å². The van der Waals surface area contributed by atoms with Crippen LogP contribution in [0.1, 0.15) is 72.6 Å². The van der Waals surface area contributed by atoms with E-state index in [0.717, 1.165) is 24.4 Å². The summed E-state index contributed by atoms with van der Waals surface area (Å²) in [5.41, 5.74) is 6.53. The highest BCUT2D eigenvalue weighted by Gasteiger charge is 2.25. The fraction of sp³-hybridized carbons (Fsp3) is 1.00. The zero-order valence-electron chi connectivity index (χ0n) is 13.7. The summed E-state index contributed by atoms with van der Waals surface area (Å²) in [7, 11) is 0. The average Bonchev–Trinajstić information content (AvgIpc) is 2.40. The molecule has 114 valence electrons. The summed E-state index contributed by atoms with van der Waals surface area (Å²) < 4.78 is 0. The molecule has 1 unspecified atom stereocenters. The van der Waals surface area contributed by atoms with Crippen LogP contribution in [-0.2, 0) is 0 Å². The molecule has 0 saturated heterocycles. The number of rotatable bonds is 8. The van der Waals surface area contributed by atoms with Crippen molar-refractivity contribution < 1.29 is 0 Å². The van der Waals surface area contributed by atoms with E-state index < -0.39 is 0 Å². The Morgan fingerprint density at radius 2 is 1.58 bits per heavy atom. The summed E-state index contributed by atoms with van der Waals surface area (Å²) in [6.45, 7) is 11.6. The molecule has 0 aliphatic heterocycles. The lowest BCUT2D eigenvalue weighted by Crippen LogP contribution is -2.47.